The summed E-state index contributed by atoms with van der Waals surface area (Å²) in [5.41, 5.74) is 1.71. The van der Waals surface area contributed by atoms with Crippen LogP contribution < -0.4 is 10.6 Å². The zero-order valence-electron chi connectivity index (χ0n) is 13.1. The third-order valence-corrected chi connectivity index (χ3v) is 3.94. The lowest BCUT2D eigenvalue weighted by Crippen LogP contribution is -2.20. The SMILES string of the molecule is O=C(C=CC1CC1)NCc1cccc(NC(=O)C=CC2CC2)c1. The van der Waals surface area contributed by atoms with Crippen LogP contribution in [0.5, 0.6) is 0 Å². The molecule has 23 heavy (non-hydrogen) atoms. The Balaban J connectivity index is 1.47. The molecular weight excluding hydrogens is 288 g/mol. The van der Waals surface area contributed by atoms with E-state index >= 15 is 0 Å². The fourth-order valence-electron chi connectivity index (χ4n) is 2.22. The zero-order chi connectivity index (χ0) is 16.1. The van der Waals surface area contributed by atoms with Crippen LogP contribution in [0.1, 0.15) is 31.2 Å². The lowest BCUT2D eigenvalue weighted by atomic mass is 10.2. The highest BCUT2D eigenvalue weighted by molar-refractivity contribution is 5.99. The molecule has 2 aliphatic rings. The standard InChI is InChI=1S/C19H22N2O2/c22-18(10-8-14-4-5-14)20-13-16-2-1-3-17(12-16)21-19(23)11-9-15-6-7-15/h1-3,8-12,14-15H,4-7,13H2,(H,20,22)(H,21,23). The summed E-state index contributed by atoms with van der Waals surface area (Å²) in [5, 5.41) is 5.71. The first kappa shape index (κ1) is 15.5. The van der Waals surface area contributed by atoms with E-state index in [9.17, 15) is 9.59 Å². The lowest BCUT2D eigenvalue weighted by Gasteiger charge is -2.06. The third-order valence-electron chi connectivity index (χ3n) is 3.94. The van der Waals surface area contributed by atoms with E-state index in [2.05, 4.69) is 10.6 Å². The Morgan fingerprint density at radius 1 is 1.00 bits per heavy atom. The first-order valence-electron chi connectivity index (χ1n) is 8.23. The molecule has 1 aromatic rings. The predicted octanol–water partition coefficient (Wildman–Crippen LogP) is 3.17. The highest BCUT2D eigenvalue weighted by Crippen LogP contribution is 2.30. The molecule has 0 spiro atoms. The molecule has 4 nitrogen and oxygen atoms in total. The summed E-state index contributed by atoms with van der Waals surface area (Å²) in [6, 6.07) is 7.54. The first-order valence-corrected chi connectivity index (χ1v) is 8.23. The monoisotopic (exact) mass is 310 g/mol. The number of rotatable bonds is 7. The molecule has 2 saturated carbocycles. The maximum atomic E-state index is 11.8. The normalized spacial score (nSPS) is 17.6. The zero-order valence-corrected chi connectivity index (χ0v) is 13.1. The van der Waals surface area contributed by atoms with Gasteiger partial charge in [-0.25, -0.2) is 0 Å². The van der Waals surface area contributed by atoms with Crippen molar-refractivity contribution < 1.29 is 9.59 Å². The van der Waals surface area contributed by atoms with Gasteiger partial charge in [-0.05, 0) is 67.4 Å². The van der Waals surface area contributed by atoms with Crippen LogP contribution >= 0.6 is 0 Å². The number of allylic oxidation sites excluding steroid dienone is 2. The number of hydrogen-bond acceptors (Lipinski definition) is 2. The van der Waals surface area contributed by atoms with E-state index in [1.807, 2.05) is 36.4 Å². The largest absolute Gasteiger partial charge is 0.348 e. The minimum absolute atomic E-state index is 0.0706. The maximum Gasteiger partial charge on any atom is 0.248 e. The van der Waals surface area contributed by atoms with Crippen molar-refractivity contribution in [2.24, 2.45) is 11.8 Å². The van der Waals surface area contributed by atoms with Crippen molar-refractivity contribution in [1.82, 2.24) is 5.32 Å². The highest BCUT2D eigenvalue weighted by Gasteiger charge is 2.18. The quantitative estimate of drug-likeness (QED) is 0.760. The van der Waals surface area contributed by atoms with Crippen molar-refractivity contribution in [3.05, 3.63) is 54.1 Å². The van der Waals surface area contributed by atoms with Gasteiger partial charge in [-0.2, -0.15) is 0 Å². The lowest BCUT2D eigenvalue weighted by molar-refractivity contribution is -0.116. The number of benzene rings is 1. The second-order valence-electron chi connectivity index (χ2n) is 6.30. The molecule has 2 fully saturated rings. The molecule has 0 saturated heterocycles. The van der Waals surface area contributed by atoms with Gasteiger partial charge in [0.1, 0.15) is 0 Å². The molecule has 4 heteroatoms. The number of anilines is 1. The molecule has 2 amide bonds. The molecule has 0 unspecified atom stereocenters. The smallest absolute Gasteiger partial charge is 0.248 e. The van der Waals surface area contributed by atoms with Crippen LogP contribution in [0.3, 0.4) is 0 Å². The summed E-state index contributed by atoms with van der Waals surface area (Å²) >= 11 is 0. The minimum atomic E-state index is -0.106. The van der Waals surface area contributed by atoms with Gasteiger partial charge in [-0.3, -0.25) is 9.59 Å². The van der Waals surface area contributed by atoms with Gasteiger partial charge in [0.25, 0.3) is 0 Å². The Labute approximate surface area is 136 Å². The number of carbonyl (C=O) groups excluding carboxylic acids is 2. The molecule has 0 radical (unpaired) electrons. The molecule has 1 aromatic carbocycles. The van der Waals surface area contributed by atoms with Crippen LogP contribution in [-0.2, 0) is 16.1 Å². The molecule has 0 aliphatic heterocycles. The van der Waals surface area contributed by atoms with E-state index in [0.29, 0.717) is 18.4 Å². The Kier molecular flexibility index (Phi) is 4.91. The Hall–Kier alpha value is -2.36. The summed E-state index contributed by atoms with van der Waals surface area (Å²) < 4.78 is 0. The third kappa shape index (κ3) is 5.74. The molecule has 0 aromatic heterocycles. The van der Waals surface area contributed by atoms with E-state index < -0.39 is 0 Å². The van der Waals surface area contributed by atoms with Crippen molar-refractivity contribution >= 4 is 17.5 Å². The predicted molar refractivity (Wildman–Crippen MR) is 90.6 cm³/mol. The average molecular weight is 310 g/mol. The number of hydrogen-bond donors (Lipinski definition) is 2. The van der Waals surface area contributed by atoms with Gasteiger partial charge in [-0.15, -0.1) is 0 Å². The van der Waals surface area contributed by atoms with Crippen molar-refractivity contribution in [3.63, 3.8) is 0 Å². The van der Waals surface area contributed by atoms with Crippen LogP contribution in [-0.4, -0.2) is 11.8 Å². The van der Waals surface area contributed by atoms with Gasteiger partial charge >= 0.3 is 0 Å². The Morgan fingerprint density at radius 2 is 1.65 bits per heavy atom. The fraction of sp³-hybridized carbons (Fsp3) is 0.368. The number of amides is 2. The molecule has 0 heterocycles. The van der Waals surface area contributed by atoms with Crippen LogP contribution in [0.15, 0.2) is 48.6 Å². The van der Waals surface area contributed by atoms with Gasteiger partial charge < -0.3 is 10.6 Å². The average Bonchev–Trinajstić information content (AvgIpc) is 3.44. The van der Waals surface area contributed by atoms with Gasteiger partial charge in [0, 0.05) is 12.2 Å². The topological polar surface area (TPSA) is 58.2 Å². The van der Waals surface area contributed by atoms with Crippen molar-refractivity contribution in [1.29, 1.82) is 0 Å². The van der Waals surface area contributed by atoms with Crippen molar-refractivity contribution in [2.75, 3.05) is 5.32 Å². The highest BCUT2D eigenvalue weighted by atomic mass is 16.2. The number of nitrogens with one attached hydrogen (secondary N) is 2. The van der Waals surface area contributed by atoms with Gasteiger partial charge in [-0.1, -0.05) is 24.3 Å². The van der Waals surface area contributed by atoms with Crippen LogP contribution in [0.2, 0.25) is 0 Å². The van der Waals surface area contributed by atoms with E-state index in [0.717, 1.165) is 11.3 Å². The van der Waals surface area contributed by atoms with Gasteiger partial charge in [0.05, 0.1) is 0 Å². The van der Waals surface area contributed by atoms with Crippen LogP contribution in [0.4, 0.5) is 5.69 Å². The molecule has 0 atom stereocenters. The minimum Gasteiger partial charge on any atom is -0.348 e. The maximum absolute atomic E-state index is 11.8. The summed E-state index contributed by atoms with van der Waals surface area (Å²) in [5.74, 6) is 1.01. The van der Waals surface area contributed by atoms with E-state index in [1.165, 1.54) is 25.7 Å². The first-order chi connectivity index (χ1) is 11.2. The summed E-state index contributed by atoms with van der Waals surface area (Å²) in [7, 11) is 0. The van der Waals surface area contributed by atoms with Crippen LogP contribution in [0, 0.1) is 11.8 Å². The molecule has 0 bridgehead atoms. The number of carbonyl (C=O) groups is 2. The van der Waals surface area contributed by atoms with Crippen molar-refractivity contribution in [2.45, 2.75) is 32.2 Å². The van der Waals surface area contributed by atoms with Gasteiger partial charge in [0.15, 0.2) is 0 Å². The second-order valence-corrected chi connectivity index (χ2v) is 6.30. The van der Waals surface area contributed by atoms with Crippen LogP contribution in [0.25, 0.3) is 0 Å². The Bertz CT molecular complexity index is 641. The molecule has 120 valence electrons. The molecular formula is C19H22N2O2. The van der Waals surface area contributed by atoms with E-state index in [4.69, 9.17) is 0 Å². The molecule has 2 aliphatic carbocycles. The summed E-state index contributed by atoms with van der Waals surface area (Å²) in [4.78, 5) is 23.5. The van der Waals surface area contributed by atoms with E-state index in [1.54, 1.807) is 12.2 Å². The summed E-state index contributed by atoms with van der Waals surface area (Å²) in [6.07, 6.45) is 11.9. The Morgan fingerprint density at radius 3 is 2.30 bits per heavy atom. The van der Waals surface area contributed by atoms with Gasteiger partial charge in [0.2, 0.25) is 11.8 Å². The second kappa shape index (κ2) is 7.27. The van der Waals surface area contributed by atoms with Crippen molar-refractivity contribution in [3.8, 4) is 0 Å². The molecule has 3 rings (SSSR count). The van der Waals surface area contributed by atoms with E-state index in [-0.39, 0.29) is 11.8 Å². The fourth-order valence-corrected chi connectivity index (χ4v) is 2.22. The summed E-state index contributed by atoms with van der Waals surface area (Å²) in [6.45, 7) is 0.454. The molecule has 2 N–H and O–H groups in total.